The molecule has 2 aliphatic carbocycles. The fraction of sp³-hybridized carbons (Fsp3) is 0.633. The molecule has 1 aromatic rings. The van der Waals surface area contributed by atoms with Crippen LogP contribution in [-0.2, 0) is 23.9 Å². The molecule has 5 rings (SSSR count). The van der Waals surface area contributed by atoms with E-state index in [0.717, 1.165) is 38.5 Å². The molecule has 1 spiro atoms. The Morgan fingerprint density at radius 2 is 1.91 bits per heavy atom. The first kappa shape index (κ1) is 31.8. The maximum Gasteiger partial charge on any atom is 0.415 e. The summed E-state index contributed by atoms with van der Waals surface area (Å²) in [6, 6.07) is 4.74. The third kappa shape index (κ3) is 7.55. The molecule has 4 unspecified atom stereocenters. The molecule has 1 aromatic carbocycles. The summed E-state index contributed by atoms with van der Waals surface area (Å²) in [5.41, 5.74) is -0.710. The molecule has 4 fully saturated rings. The number of anilines is 1. The van der Waals surface area contributed by atoms with Crippen LogP contribution in [0.2, 0.25) is 5.02 Å². The van der Waals surface area contributed by atoms with Crippen molar-refractivity contribution in [2.75, 3.05) is 24.5 Å². The number of rotatable bonds is 11. The Balaban J connectivity index is 1.31. The molecule has 4 aliphatic rings. The minimum absolute atomic E-state index is 0.0247. The topological polar surface area (TPSA) is 167 Å². The van der Waals surface area contributed by atoms with Gasteiger partial charge < -0.3 is 35.4 Å². The van der Waals surface area contributed by atoms with Crippen LogP contribution in [0.4, 0.5) is 15.3 Å². The second kappa shape index (κ2) is 13.6. The number of nitrogens with one attached hydrogen (secondary N) is 3. The zero-order valence-corrected chi connectivity index (χ0v) is 25.5. The number of likely N-dealkylation sites (tertiary alicyclic amines) is 1. The van der Waals surface area contributed by atoms with Gasteiger partial charge in [0.25, 0.3) is 5.91 Å². The van der Waals surface area contributed by atoms with Crippen molar-refractivity contribution in [3.63, 3.8) is 0 Å². The van der Waals surface area contributed by atoms with Gasteiger partial charge in [-0.25, -0.2) is 9.59 Å². The van der Waals surface area contributed by atoms with E-state index in [0.29, 0.717) is 23.6 Å². The highest BCUT2D eigenvalue weighted by atomic mass is 35.5. The van der Waals surface area contributed by atoms with E-state index in [1.54, 1.807) is 24.3 Å². The zero-order valence-electron chi connectivity index (χ0n) is 24.8. The van der Waals surface area contributed by atoms with E-state index in [1.165, 1.54) is 9.80 Å². The average molecular weight is 634 g/mol. The molecule has 13 nitrogen and oxygen atoms in total. The van der Waals surface area contributed by atoms with Crippen molar-refractivity contribution in [3.8, 4) is 0 Å². The number of carbonyl (C=O) groups excluding carboxylic acids is 5. The first-order valence-electron chi connectivity index (χ1n) is 15.4. The lowest BCUT2D eigenvalue weighted by Crippen LogP contribution is -2.55. The number of benzene rings is 1. The summed E-state index contributed by atoms with van der Waals surface area (Å²) in [6.07, 6.45) is 3.04. The average Bonchev–Trinajstić information content (AvgIpc) is 3.36. The largest absolute Gasteiger partial charge is 0.446 e. The summed E-state index contributed by atoms with van der Waals surface area (Å²) < 4.78 is 11.2. The predicted molar refractivity (Wildman–Crippen MR) is 159 cm³/mol. The van der Waals surface area contributed by atoms with Crippen molar-refractivity contribution in [1.29, 1.82) is 0 Å². The number of hydrogen-bond donors (Lipinski definition) is 4. The van der Waals surface area contributed by atoms with E-state index in [-0.39, 0.29) is 31.7 Å². The van der Waals surface area contributed by atoms with Gasteiger partial charge in [-0.2, -0.15) is 0 Å². The number of aliphatic hydroxyl groups is 1. The van der Waals surface area contributed by atoms with E-state index in [1.807, 2.05) is 6.92 Å². The van der Waals surface area contributed by atoms with E-state index >= 15 is 0 Å². The monoisotopic (exact) mass is 633 g/mol. The molecule has 5 amide bonds. The van der Waals surface area contributed by atoms with Gasteiger partial charge in [0.05, 0.1) is 19.1 Å². The lowest BCUT2D eigenvalue weighted by Gasteiger charge is -2.28. The Bertz CT molecular complexity index is 1270. The summed E-state index contributed by atoms with van der Waals surface area (Å²) in [5, 5.41) is 19.2. The summed E-state index contributed by atoms with van der Waals surface area (Å²) in [6.45, 7) is 1.39. The molecule has 240 valence electrons. The molecule has 4 N–H and O–H groups in total. The molecule has 44 heavy (non-hydrogen) atoms. The van der Waals surface area contributed by atoms with Crippen LogP contribution in [0.3, 0.4) is 0 Å². The third-order valence-corrected chi connectivity index (χ3v) is 8.81. The summed E-state index contributed by atoms with van der Waals surface area (Å²) in [5.74, 6) is -1.73. The number of halogens is 1. The molecule has 0 bridgehead atoms. The standard InChI is InChI=1S/C30H40ClN5O8/c1-2-6-22(25(38)27(40)33-19-11-12-19)34-26(39)23-14-30(16-35(29(42)44-30)20-8-5-7-18(31)13-20)17-36(23)24(37)15-32-28(41)43-21-9-3-4-10-21/h5,7-8,13,19,21-23,25,38H,2-4,6,9-12,14-17H2,1H3,(H,32,41)(H,33,40)(H,34,39). The number of amides is 5. The number of hydrogen-bond acceptors (Lipinski definition) is 8. The predicted octanol–water partition coefficient (Wildman–Crippen LogP) is 2.23. The minimum atomic E-state index is -1.48. The molecule has 0 aromatic heterocycles. The van der Waals surface area contributed by atoms with Gasteiger partial charge in [0.1, 0.15) is 18.7 Å². The fourth-order valence-corrected chi connectivity index (χ4v) is 6.33. The van der Waals surface area contributed by atoms with Gasteiger partial charge in [-0.3, -0.25) is 19.3 Å². The van der Waals surface area contributed by atoms with Crippen LogP contribution in [0, 0.1) is 0 Å². The Morgan fingerprint density at radius 3 is 2.59 bits per heavy atom. The molecule has 2 heterocycles. The van der Waals surface area contributed by atoms with E-state index in [2.05, 4.69) is 16.0 Å². The number of alkyl carbamates (subject to hydrolysis) is 1. The van der Waals surface area contributed by atoms with Crippen LogP contribution in [0.5, 0.6) is 0 Å². The molecule has 14 heteroatoms. The highest BCUT2D eigenvalue weighted by molar-refractivity contribution is 6.30. The smallest absolute Gasteiger partial charge is 0.415 e. The van der Waals surface area contributed by atoms with Crippen molar-refractivity contribution in [2.45, 2.75) is 101 Å². The van der Waals surface area contributed by atoms with Crippen molar-refractivity contribution in [3.05, 3.63) is 29.3 Å². The Morgan fingerprint density at radius 1 is 1.16 bits per heavy atom. The SMILES string of the molecule is CCCC(NC(=O)C1CC2(CN(c3cccc(Cl)c3)C(=O)O2)CN1C(=O)CNC(=O)OC1CCCC1)C(O)C(=O)NC1CC1. The maximum absolute atomic E-state index is 13.8. The normalized spacial score (nSPS) is 24.6. The third-order valence-electron chi connectivity index (χ3n) is 8.57. The minimum Gasteiger partial charge on any atom is -0.446 e. The van der Waals surface area contributed by atoms with Crippen molar-refractivity contribution in [1.82, 2.24) is 20.9 Å². The maximum atomic E-state index is 13.8. The van der Waals surface area contributed by atoms with Crippen molar-refractivity contribution in [2.24, 2.45) is 0 Å². The first-order valence-corrected chi connectivity index (χ1v) is 15.7. The lowest BCUT2D eigenvalue weighted by molar-refractivity contribution is -0.139. The van der Waals surface area contributed by atoms with E-state index in [4.69, 9.17) is 21.1 Å². The van der Waals surface area contributed by atoms with Crippen LogP contribution in [0.15, 0.2) is 24.3 Å². The first-order chi connectivity index (χ1) is 21.1. The van der Waals surface area contributed by atoms with Crippen LogP contribution in [0.1, 0.15) is 64.7 Å². The molecule has 4 atom stereocenters. The second-order valence-corrected chi connectivity index (χ2v) is 12.6. The highest BCUT2D eigenvalue weighted by Gasteiger charge is 2.56. The van der Waals surface area contributed by atoms with Gasteiger partial charge in [-0.05, 0) is 63.1 Å². The molecular weight excluding hydrogens is 594 g/mol. The molecule has 2 saturated carbocycles. The number of carbonyl (C=O) groups is 5. The summed E-state index contributed by atoms with van der Waals surface area (Å²) in [4.78, 5) is 67.9. The van der Waals surface area contributed by atoms with Gasteiger partial charge in [0, 0.05) is 23.2 Å². The van der Waals surface area contributed by atoms with Gasteiger partial charge in [-0.1, -0.05) is 31.0 Å². The van der Waals surface area contributed by atoms with Crippen LogP contribution < -0.4 is 20.9 Å². The number of nitrogens with zero attached hydrogens (tertiary/aromatic N) is 2. The van der Waals surface area contributed by atoms with Gasteiger partial charge in [0.2, 0.25) is 11.8 Å². The molecule has 0 radical (unpaired) electrons. The zero-order chi connectivity index (χ0) is 31.4. The van der Waals surface area contributed by atoms with Crippen molar-refractivity contribution < 1.29 is 38.6 Å². The van der Waals surface area contributed by atoms with Gasteiger partial charge in [0.15, 0.2) is 11.7 Å². The van der Waals surface area contributed by atoms with E-state index < -0.39 is 60.2 Å². The van der Waals surface area contributed by atoms with Gasteiger partial charge in [-0.15, -0.1) is 0 Å². The quantitative estimate of drug-likeness (QED) is 0.288. The molecule has 2 aliphatic heterocycles. The summed E-state index contributed by atoms with van der Waals surface area (Å²) >= 11 is 6.14. The van der Waals surface area contributed by atoms with E-state index in [9.17, 15) is 29.1 Å². The van der Waals surface area contributed by atoms with Crippen molar-refractivity contribution >= 4 is 47.2 Å². The molecule has 2 saturated heterocycles. The fourth-order valence-electron chi connectivity index (χ4n) is 6.14. The Labute approximate surface area is 260 Å². The van der Waals surface area contributed by atoms with Crippen LogP contribution in [0.25, 0.3) is 0 Å². The van der Waals surface area contributed by atoms with Gasteiger partial charge >= 0.3 is 12.2 Å². The van der Waals surface area contributed by atoms with Crippen LogP contribution >= 0.6 is 11.6 Å². The number of ether oxygens (including phenoxy) is 2. The second-order valence-electron chi connectivity index (χ2n) is 12.2. The molecular formula is C30H40ClN5O8. The van der Waals surface area contributed by atoms with Crippen LogP contribution in [-0.4, -0.2) is 95.5 Å². The highest BCUT2D eigenvalue weighted by Crippen LogP contribution is 2.38. The Hall–Kier alpha value is -3.58. The number of aliphatic hydroxyl groups excluding tert-OH is 1. The lowest BCUT2D eigenvalue weighted by atomic mass is 9.98. The Kier molecular flexibility index (Phi) is 9.84. The summed E-state index contributed by atoms with van der Waals surface area (Å²) in [7, 11) is 0.